The Kier molecular flexibility index (Phi) is 5.61. The number of aryl methyl sites for hydroxylation is 1. The summed E-state index contributed by atoms with van der Waals surface area (Å²) in [5.74, 6) is -0.106. The molecule has 0 bridgehead atoms. The van der Waals surface area contributed by atoms with Crippen LogP contribution in [0.4, 0.5) is 11.4 Å². The molecule has 10 nitrogen and oxygen atoms in total. The number of nitro benzene ring substituents is 2. The average molecular weight is 471 g/mol. The van der Waals surface area contributed by atoms with E-state index in [0.717, 1.165) is 18.2 Å². The Morgan fingerprint density at radius 2 is 1.73 bits per heavy atom. The van der Waals surface area contributed by atoms with E-state index in [2.05, 4.69) is 20.9 Å². The Morgan fingerprint density at radius 1 is 1.03 bits per heavy atom. The lowest BCUT2D eigenvalue weighted by Crippen LogP contribution is -2.13. The number of halogens is 1. The fourth-order valence-electron chi connectivity index (χ4n) is 2.78. The highest BCUT2D eigenvalue weighted by Gasteiger charge is 2.23. The first kappa shape index (κ1) is 20.7. The smallest absolute Gasteiger partial charge is 0.318 e. The fourth-order valence-corrected chi connectivity index (χ4v) is 3.14. The first-order valence-electron chi connectivity index (χ1n) is 8.26. The zero-order valence-electron chi connectivity index (χ0n) is 15.2. The van der Waals surface area contributed by atoms with Crippen molar-refractivity contribution < 1.29 is 14.6 Å². The van der Waals surface area contributed by atoms with Gasteiger partial charge in [0.25, 0.3) is 11.2 Å². The van der Waals surface area contributed by atoms with Crippen molar-refractivity contribution in [1.29, 1.82) is 5.26 Å². The van der Waals surface area contributed by atoms with Gasteiger partial charge in [-0.3, -0.25) is 25.0 Å². The highest BCUT2D eigenvalue weighted by atomic mass is 79.9. The summed E-state index contributed by atoms with van der Waals surface area (Å²) in [6.45, 7) is 1.64. The van der Waals surface area contributed by atoms with Crippen molar-refractivity contribution in [1.82, 2.24) is 4.98 Å². The molecule has 3 aromatic rings. The van der Waals surface area contributed by atoms with Crippen LogP contribution in [0.2, 0.25) is 0 Å². The number of nitro groups is 2. The molecule has 0 radical (unpaired) electrons. The molecule has 1 N–H and O–H groups in total. The molecule has 0 amide bonds. The lowest BCUT2D eigenvalue weighted by Gasteiger charge is -2.13. The van der Waals surface area contributed by atoms with Crippen molar-refractivity contribution in [2.24, 2.45) is 0 Å². The molecule has 0 spiro atoms. The van der Waals surface area contributed by atoms with E-state index in [1.54, 1.807) is 25.1 Å². The number of pyridine rings is 1. The Balaban J connectivity index is 2.20. The molecule has 3 rings (SSSR count). The molecule has 1 heterocycles. The number of non-ortho nitro benzene ring substituents is 1. The van der Waals surface area contributed by atoms with Gasteiger partial charge in [0, 0.05) is 27.4 Å². The van der Waals surface area contributed by atoms with Crippen LogP contribution in [0.25, 0.3) is 11.1 Å². The van der Waals surface area contributed by atoms with E-state index in [4.69, 9.17) is 4.74 Å². The summed E-state index contributed by atoms with van der Waals surface area (Å²) in [5, 5.41) is 31.7. The Labute approximate surface area is 176 Å². The third-order valence-corrected chi connectivity index (χ3v) is 4.57. The molecular weight excluding hydrogens is 460 g/mol. The van der Waals surface area contributed by atoms with Crippen molar-refractivity contribution in [3.63, 3.8) is 0 Å². The number of aromatic nitrogens is 1. The topological polar surface area (TPSA) is 152 Å². The van der Waals surface area contributed by atoms with E-state index >= 15 is 0 Å². The molecule has 2 aromatic carbocycles. The SMILES string of the molecule is Cc1cc(-c2cc(Br)ccc2Oc2ccc([N+](=O)[O-])cc2[N+](=O)[O-])c(C#N)c(=O)[nH]1. The van der Waals surface area contributed by atoms with Crippen molar-refractivity contribution >= 4 is 27.3 Å². The van der Waals surface area contributed by atoms with E-state index in [9.17, 15) is 30.3 Å². The third-order valence-electron chi connectivity index (χ3n) is 4.08. The number of hydrogen-bond acceptors (Lipinski definition) is 7. The minimum Gasteiger partial charge on any atom is -0.449 e. The summed E-state index contributed by atoms with van der Waals surface area (Å²) in [4.78, 5) is 35.5. The molecule has 0 saturated heterocycles. The Hall–Kier alpha value is -4.04. The molecule has 0 aliphatic rings. The minimum atomic E-state index is -0.793. The second-order valence-electron chi connectivity index (χ2n) is 6.09. The van der Waals surface area contributed by atoms with Gasteiger partial charge in [-0.15, -0.1) is 0 Å². The molecular formula is C19H11BrN4O6. The van der Waals surface area contributed by atoms with Crippen LogP contribution in [-0.4, -0.2) is 14.8 Å². The van der Waals surface area contributed by atoms with Crippen LogP contribution in [0.3, 0.4) is 0 Å². The summed E-state index contributed by atoms with van der Waals surface area (Å²) in [7, 11) is 0. The first-order chi connectivity index (χ1) is 14.2. The second-order valence-corrected chi connectivity index (χ2v) is 7.01. The van der Waals surface area contributed by atoms with Crippen LogP contribution in [0, 0.1) is 38.5 Å². The van der Waals surface area contributed by atoms with E-state index in [0.29, 0.717) is 15.7 Å². The zero-order valence-corrected chi connectivity index (χ0v) is 16.8. The number of nitrogens with zero attached hydrogens (tertiary/aromatic N) is 3. The van der Waals surface area contributed by atoms with Gasteiger partial charge in [-0.2, -0.15) is 5.26 Å². The maximum absolute atomic E-state index is 12.2. The zero-order chi connectivity index (χ0) is 22.0. The van der Waals surface area contributed by atoms with Crippen LogP contribution in [0.1, 0.15) is 11.3 Å². The van der Waals surface area contributed by atoms with Gasteiger partial charge < -0.3 is 9.72 Å². The van der Waals surface area contributed by atoms with Crippen molar-refractivity contribution in [3.8, 4) is 28.7 Å². The number of ether oxygens (including phenoxy) is 1. The summed E-state index contributed by atoms with van der Waals surface area (Å²) in [5.41, 5.74) is -0.673. The predicted molar refractivity (Wildman–Crippen MR) is 109 cm³/mol. The molecule has 1 aromatic heterocycles. The maximum atomic E-state index is 12.2. The van der Waals surface area contributed by atoms with Crippen molar-refractivity contribution in [2.75, 3.05) is 0 Å². The minimum absolute atomic E-state index is 0.122. The first-order valence-corrected chi connectivity index (χ1v) is 9.05. The van der Waals surface area contributed by atoms with Crippen LogP contribution < -0.4 is 10.3 Å². The molecule has 0 aliphatic carbocycles. The van der Waals surface area contributed by atoms with Gasteiger partial charge in [0.05, 0.1) is 15.9 Å². The Morgan fingerprint density at radius 3 is 2.37 bits per heavy atom. The van der Waals surface area contributed by atoms with Crippen LogP contribution >= 0.6 is 15.9 Å². The van der Waals surface area contributed by atoms with Gasteiger partial charge >= 0.3 is 5.69 Å². The molecule has 0 aliphatic heterocycles. The largest absolute Gasteiger partial charge is 0.449 e. The molecule has 0 unspecified atom stereocenters. The number of nitrogens with one attached hydrogen (secondary N) is 1. The quantitative estimate of drug-likeness (QED) is 0.422. The number of benzene rings is 2. The summed E-state index contributed by atoms with van der Waals surface area (Å²) in [6, 6.07) is 11.1. The number of H-pyrrole nitrogens is 1. The lowest BCUT2D eigenvalue weighted by molar-refractivity contribution is -0.394. The van der Waals surface area contributed by atoms with Crippen molar-refractivity contribution in [2.45, 2.75) is 6.92 Å². The lowest BCUT2D eigenvalue weighted by atomic mass is 10.00. The van der Waals surface area contributed by atoms with Gasteiger partial charge in [0.15, 0.2) is 0 Å². The number of aromatic amines is 1. The monoisotopic (exact) mass is 470 g/mol. The molecule has 0 atom stereocenters. The van der Waals surface area contributed by atoms with Crippen LogP contribution in [-0.2, 0) is 0 Å². The summed E-state index contributed by atoms with van der Waals surface area (Å²) in [6.07, 6.45) is 0. The highest BCUT2D eigenvalue weighted by Crippen LogP contribution is 2.40. The van der Waals surface area contributed by atoms with E-state index in [1.165, 1.54) is 6.07 Å². The van der Waals surface area contributed by atoms with Gasteiger partial charge in [0.1, 0.15) is 17.4 Å². The van der Waals surface area contributed by atoms with Crippen molar-refractivity contribution in [3.05, 3.63) is 88.8 Å². The van der Waals surface area contributed by atoms with Gasteiger partial charge in [-0.1, -0.05) is 15.9 Å². The van der Waals surface area contributed by atoms with E-state index in [1.807, 2.05) is 6.07 Å². The molecule has 11 heteroatoms. The highest BCUT2D eigenvalue weighted by molar-refractivity contribution is 9.10. The van der Waals surface area contributed by atoms with E-state index in [-0.39, 0.29) is 22.6 Å². The number of rotatable bonds is 5. The van der Waals surface area contributed by atoms with Gasteiger partial charge in [-0.25, -0.2) is 0 Å². The fraction of sp³-hybridized carbons (Fsp3) is 0.0526. The van der Waals surface area contributed by atoms with E-state index < -0.39 is 26.8 Å². The van der Waals surface area contributed by atoms with Crippen LogP contribution in [0.15, 0.2) is 51.7 Å². The Bertz CT molecular complexity index is 1300. The normalized spacial score (nSPS) is 10.3. The summed E-state index contributed by atoms with van der Waals surface area (Å²) >= 11 is 3.32. The predicted octanol–water partition coefficient (Wildman–Crippen LogP) is 4.59. The van der Waals surface area contributed by atoms with Crippen LogP contribution in [0.5, 0.6) is 11.5 Å². The summed E-state index contributed by atoms with van der Waals surface area (Å²) < 4.78 is 6.33. The average Bonchev–Trinajstić information content (AvgIpc) is 2.68. The molecule has 0 fully saturated rings. The maximum Gasteiger partial charge on any atom is 0.318 e. The molecule has 30 heavy (non-hydrogen) atoms. The third kappa shape index (κ3) is 4.03. The second kappa shape index (κ2) is 8.14. The number of nitriles is 1. The number of hydrogen-bond donors (Lipinski definition) is 1. The standard InChI is InChI=1S/C19H11BrN4O6/c1-10-6-13(15(9-21)19(25)22-10)14-7-11(20)2-4-17(14)30-18-5-3-12(23(26)27)8-16(18)24(28)29/h2-8H,1H3,(H,22,25). The van der Waals surface area contributed by atoms with Gasteiger partial charge in [0.2, 0.25) is 5.75 Å². The molecule has 150 valence electrons. The molecule has 0 saturated carbocycles. The van der Waals surface area contributed by atoms with Gasteiger partial charge in [-0.05, 0) is 37.3 Å².